The average molecular weight is 509 g/mol. The number of rotatable bonds is 7. The summed E-state index contributed by atoms with van der Waals surface area (Å²) in [6.07, 6.45) is 9.96. The number of anilines is 1. The van der Waals surface area contributed by atoms with Crippen molar-refractivity contribution in [1.29, 1.82) is 0 Å². The quantitative estimate of drug-likeness (QED) is 0.355. The molecule has 2 aromatic carbocycles. The fourth-order valence-electron chi connectivity index (χ4n) is 5.83. The fraction of sp³-hybridized carbons (Fsp3) is 0.412. The average Bonchev–Trinajstić information content (AvgIpc) is 3.21. The van der Waals surface area contributed by atoms with E-state index in [1.165, 1.54) is 42.4 Å². The minimum atomic E-state index is 0.230. The molecule has 38 heavy (non-hydrogen) atoms. The third kappa shape index (κ3) is 6.60. The number of ketones is 1. The Labute approximate surface area is 227 Å². The van der Waals surface area contributed by atoms with E-state index >= 15 is 0 Å². The SMILES string of the molecule is CC1CC(=O)C=C(Cc2ccc(-c3ccc(NCCC4CCCOCC4)nc3)cc2)c2ccccc2C1C. The van der Waals surface area contributed by atoms with Crippen molar-refractivity contribution in [1.82, 2.24) is 4.98 Å². The number of nitrogens with one attached hydrogen (secondary N) is 1. The molecule has 3 aromatic rings. The molecule has 0 amide bonds. The molecule has 198 valence electrons. The van der Waals surface area contributed by atoms with E-state index in [0.717, 1.165) is 54.6 Å². The molecule has 0 radical (unpaired) electrons. The van der Waals surface area contributed by atoms with Gasteiger partial charge in [0.1, 0.15) is 5.82 Å². The zero-order valence-electron chi connectivity index (χ0n) is 22.8. The largest absolute Gasteiger partial charge is 0.381 e. The van der Waals surface area contributed by atoms with Crippen LogP contribution in [0.3, 0.4) is 0 Å². The molecule has 2 aliphatic rings. The Kier molecular flexibility index (Phi) is 8.70. The highest BCUT2D eigenvalue weighted by molar-refractivity contribution is 5.98. The zero-order chi connectivity index (χ0) is 26.3. The van der Waals surface area contributed by atoms with Crippen LogP contribution < -0.4 is 5.32 Å². The van der Waals surface area contributed by atoms with Gasteiger partial charge in [-0.05, 0) is 95.9 Å². The van der Waals surface area contributed by atoms with Gasteiger partial charge in [-0.15, -0.1) is 0 Å². The number of hydrogen-bond donors (Lipinski definition) is 1. The van der Waals surface area contributed by atoms with Gasteiger partial charge in [-0.1, -0.05) is 62.4 Å². The second-order valence-electron chi connectivity index (χ2n) is 11.1. The van der Waals surface area contributed by atoms with E-state index in [4.69, 9.17) is 4.74 Å². The number of aromatic nitrogens is 1. The number of ether oxygens (including phenoxy) is 1. The zero-order valence-corrected chi connectivity index (χ0v) is 22.8. The summed E-state index contributed by atoms with van der Waals surface area (Å²) < 4.78 is 5.58. The lowest BCUT2D eigenvalue weighted by Crippen LogP contribution is -2.16. The Morgan fingerprint density at radius 1 is 0.947 bits per heavy atom. The second-order valence-corrected chi connectivity index (χ2v) is 11.1. The van der Waals surface area contributed by atoms with Crippen molar-refractivity contribution >= 4 is 17.2 Å². The first kappa shape index (κ1) is 26.4. The summed E-state index contributed by atoms with van der Waals surface area (Å²) in [6, 6.07) is 21.5. The van der Waals surface area contributed by atoms with Crippen LogP contribution in [0.15, 0.2) is 72.9 Å². The molecule has 0 spiro atoms. The standard InChI is InChI=1S/C34H40N2O2/c1-24-20-31(37)22-30(33-8-4-3-7-32(33)25(24)2)21-27-9-11-28(12-10-27)29-13-14-34(36-23-29)35-17-15-26-6-5-18-38-19-16-26/h3-4,7-14,22-26H,5-6,15-21H2,1-2H3,(H,35,36). The molecule has 1 aliphatic carbocycles. The summed E-state index contributed by atoms with van der Waals surface area (Å²) in [6.45, 7) is 7.19. The Balaban J connectivity index is 1.23. The summed E-state index contributed by atoms with van der Waals surface area (Å²) in [5.41, 5.74) is 7.14. The number of hydrogen-bond acceptors (Lipinski definition) is 4. The third-order valence-electron chi connectivity index (χ3n) is 8.38. The molecular formula is C34H40N2O2. The molecule has 4 nitrogen and oxygen atoms in total. The topological polar surface area (TPSA) is 51.2 Å². The van der Waals surface area contributed by atoms with Gasteiger partial charge in [-0.3, -0.25) is 4.79 Å². The van der Waals surface area contributed by atoms with Gasteiger partial charge >= 0.3 is 0 Å². The van der Waals surface area contributed by atoms with Crippen molar-refractivity contribution in [3.8, 4) is 11.1 Å². The number of carbonyl (C=O) groups excluding carboxylic acids is 1. The first-order chi connectivity index (χ1) is 18.6. The van der Waals surface area contributed by atoms with Crippen molar-refractivity contribution in [3.63, 3.8) is 0 Å². The molecule has 3 unspecified atom stereocenters. The van der Waals surface area contributed by atoms with Crippen LogP contribution >= 0.6 is 0 Å². The molecule has 0 saturated carbocycles. The molecule has 5 rings (SSSR count). The Bertz CT molecular complexity index is 1240. The molecule has 2 heterocycles. The molecule has 0 bridgehead atoms. The third-order valence-corrected chi connectivity index (χ3v) is 8.38. The van der Waals surface area contributed by atoms with Gasteiger partial charge in [0, 0.05) is 37.9 Å². The number of pyridine rings is 1. The highest BCUT2D eigenvalue weighted by Gasteiger charge is 2.24. The molecule has 1 N–H and O–H groups in total. The maximum absolute atomic E-state index is 12.7. The number of nitrogens with zero attached hydrogens (tertiary/aromatic N) is 1. The minimum Gasteiger partial charge on any atom is -0.381 e. The first-order valence-corrected chi connectivity index (χ1v) is 14.3. The number of allylic oxidation sites excluding steroid dienone is 2. The lowest BCUT2D eigenvalue weighted by atomic mass is 9.78. The van der Waals surface area contributed by atoms with Crippen molar-refractivity contribution in [2.45, 2.75) is 58.3 Å². The van der Waals surface area contributed by atoms with Gasteiger partial charge in [-0.25, -0.2) is 4.98 Å². The lowest BCUT2D eigenvalue weighted by molar-refractivity contribution is -0.115. The highest BCUT2D eigenvalue weighted by atomic mass is 16.5. The smallest absolute Gasteiger partial charge is 0.156 e. The Hall–Kier alpha value is -3.24. The van der Waals surface area contributed by atoms with Gasteiger partial charge in [0.25, 0.3) is 0 Å². The van der Waals surface area contributed by atoms with Crippen LogP contribution in [0.25, 0.3) is 16.7 Å². The fourth-order valence-corrected chi connectivity index (χ4v) is 5.83. The molecule has 1 saturated heterocycles. The van der Waals surface area contributed by atoms with Crippen molar-refractivity contribution in [2.24, 2.45) is 11.8 Å². The van der Waals surface area contributed by atoms with Gasteiger partial charge in [0.2, 0.25) is 0 Å². The van der Waals surface area contributed by atoms with E-state index in [-0.39, 0.29) is 5.78 Å². The van der Waals surface area contributed by atoms with Crippen LogP contribution in [0.4, 0.5) is 5.82 Å². The highest BCUT2D eigenvalue weighted by Crippen LogP contribution is 2.36. The van der Waals surface area contributed by atoms with Crippen molar-refractivity contribution in [3.05, 3.63) is 89.6 Å². The maximum atomic E-state index is 12.7. The second kappa shape index (κ2) is 12.5. The molecular weight excluding hydrogens is 468 g/mol. The van der Waals surface area contributed by atoms with E-state index in [2.05, 4.69) is 84.8 Å². The summed E-state index contributed by atoms with van der Waals surface area (Å²) in [4.78, 5) is 17.4. The van der Waals surface area contributed by atoms with E-state index < -0.39 is 0 Å². The molecule has 1 aromatic heterocycles. The van der Waals surface area contributed by atoms with Crippen LogP contribution in [0.5, 0.6) is 0 Å². The van der Waals surface area contributed by atoms with Crippen LogP contribution in [-0.2, 0) is 16.0 Å². The summed E-state index contributed by atoms with van der Waals surface area (Å²) in [5, 5.41) is 3.49. The van der Waals surface area contributed by atoms with E-state index in [9.17, 15) is 4.79 Å². The van der Waals surface area contributed by atoms with E-state index in [1.807, 2.05) is 12.3 Å². The van der Waals surface area contributed by atoms with Gasteiger partial charge < -0.3 is 10.1 Å². The summed E-state index contributed by atoms with van der Waals surface area (Å²) in [5.74, 6) is 2.61. The number of fused-ring (bicyclic) bond motifs is 1. The van der Waals surface area contributed by atoms with Crippen LogP contribution in [0, 0.1) is 11.8 Å². The van der Waals surface area contributed by atoms with Gasteiger partial charge in [0.05, 0.1) is 0 Å². The molecule has 1 fully saturated rings. The minimum absolute atomic E-state index is 0.230. The van der Waals surface area contributed by atoms with Crippen LogP contribution in [0.1, 0.15) is 68.6 Å². The molecule has 1 aliphatic heterocycles. The van der Waals surface area contributed by atoms with Crippen molar-refractivity contribution < 1.29 is 9.53 Å². The van der Waals surface area contributed by atoms with Crippen LogP contribution in [0.2, 0.25) is 0 Å². The summed E-state index contributed by atoms with van der Waals surface area (Å²) in [7, 11) is 0. The normalized spacial score (nSPS) is 22.0. The Morgan fingerprint density at radius 3 is 2.58 bits per heavy atom. The lowest BCUT2D eigenvalue weighted by Gasteiger charge is -2.26. The van der Waals surface area contributed by atoms with Crippen LogP contribution in [-0.4, -0.2) is 30.5 Å². The van der Waals surface area contributed by atoms with Gasteiger partial charge in [0.15, 0.2) is 5.78 Å². The number of benzene rings is 2. The predicted octanol–water partition coefficient (Wildman–Crippen LogP) is 7.71. The predicted molar refractivity (Wildman–Crippen MR) is 156 cm³/mol. The van der Waals surface area contributed by atoms with E-state index in [0.29, 0.717) is 18.3 Å². The first-order valence-electron chi connectivity index (χ1n) is 14.3. The maximum Gasteiger partial charge on any atom is 0.156 e. The molecule has 4 heteroatoms. The van der Waals surface area contributed by atoms with Gasteiger partial charge in [-0.2, -0.15) is 0 Å². The number of carbonyl (C=O) groups is 1. The molecule has 3 atom stereocenters. The monoisotopic (exact) mass is 508 g/mol. The van der Waals surface area contributed by atoms with Crippen molar-refractivity contribution in [2.75, 3.05) is 25.1 Å². The Morgan fingerprint density at radius 2 is 1.76 bits per heavy atom. The summed E-state index contributed by atoms with van der Waals surface area (Å²) >= 11 is 0. The van der Waals surface area contributed by atoms with E-state index in [1.54, 1.807) is 0 Å².